The highest BCUT2D eigenvalue weighted by Gasteiger charge is 2.24. The first-order valence-electron chi connectivity index (χ1n) is 5.33. The molecular weight excluding hydrogens is 204 g/mol. The fourth-order valence-corrected chi connectivity index (χ4v) is 1.46. The van der Waals surface area contributed by atoms with E-state index >= 15 is 0 Å². The lowest BCUT2D eigenvalue weighted by Crippen LogP contribution is -2.45. The number of pyridine rings is 1. The summed E-state index contributed by atoms with van der Waals surface area (Å²) in [5, 5.41) is 18.3. The first-order valence-corrected chi connectivity index (χ1v) is 5.33. The minimum atomic E-state index is -0.349. The van der Waals surface area contributed by atoms with E-state index in [1.54, 1.807) is 6.20 Å². The van der Waals surface area contributed by atoms with Crippen LogP contribution in [0.25, 0.3) is 0 Å². The summed E-state index contributed by atoms with van der Waals surface area (Å²) in [5.74, 6) is 0.830. The molecule has 0 aliphatic carbocycles. The summed E-state index contributed by atoms with van der Waals surface area (Å²) in [5.41, 5.74) is 1.45. The largest absolute Gasteiger partial charge is 0.394 e. The van der Waals surface area contributed by atoms with Crippen LogP contribution in [-0.2, 0) is 6.61 Å². The molecule has 1 aromatic heterocycles. The minimum Gasteiger partial charge on any atom is -0.394 e. The molecule has 90 valence electrons. The molecule has 0 aliphatic heterocycles. The Morgan fingerprint density at radius 3 is 2.44 bits per heavy atom. The second-order valence-corrected chi connectivity index (χ2v) is 4.67. The summed E-state index contributed by atoms with van der Waals surface area (Å²) in [6.07, 6.45) is 1.66. The number of anilines is 1. The molecule has 1 heterocycles. The number of aryl methyl sites for hydroxylation is 1. The third kappa shape index (κ3) is 2.51. The number of likely N-dealkylation sites (N-methyl/N-ethyl adjacent to an activating group) is 1. The number of hydrogen-bond donors (Lipinski definition) is 2. The predicted octanol–water partition coefficient (Wildman–Crippen LogP) is 1.09. The molecule has 0 bridgehead atoms. The summed E-state index contributed by atoms with van der Waals surface area (Å²) in [6, 6.07) is 1.91. The Hall–Kier alpha value is -1.13. The quantitative estimate of drug-likeness (QED) is 0.804. The number of nitrogens with zero attached hydrogens (tertiary/aromatic N) is 2. The molecule has 2 N–H and O–H groups in total. The number of aromatic nitrogens is 1. The van der Waals surface area contributed by atoms with Crippen LogP contribution < -0.4 is 4.90 Å². The minimum absolute atomic E-state index is 0.00122. The molecule has 1 rings (SSSR count). The van der Waals surface area contributed by atoms with E-state index in [4.69, 9.17) is 5.11 Å². The third-order valence-corrected chi connectivity index (χ3v) is 2.90. The molecule has 0 aromatic carbocycles. The highest BCUT2D eigenvalue weighted by molar-refractivity contribution is 5.48. The van der Waals surface area contributed by atoms with Crippen molar-refractivity contribution in [2.24, 2.45) is 0 Å². The zero-order chi connectivity index (χ0) is 12.3. The first-order chi connectivity index (χ1) is 7.42. The van der Waals surface area contributed by atoms with Crippen molar-refractivity contribution in [3.05, 3.63) is 23.4 Å². The van der Waals surface area contributed by atoms with Crippen molar-refractivity contribution in [2.45, 2.75) is 32.9 Å². The lowest BCUT2D eigenvalue weighted by molar-refractivity contribution is 0.215. The lowest BCUT2D eigenvalue weighted by atomic mass is 10.0. The molecule has 1 aromatic rings. The molecule has 0 amide bonds. The summed E-state index contributed by atoms with van der Waals surface area (Å²) in [7, 11) is 1.91. The van der Waals surface area contributed by atoms with Crippen LogP contribution in [0.15, 0.2) is 12.3 Å². The summed E-state index contributed by atoms with van der Waals surface area (Å²) < 4.78 is 0. The molecule has 0 saturated heterocycles. The number of aliphatic hydroxyl groups excluding tert-OH is 2. The van der Waals surface area contributed by atoms with Crippen molar-refractivity contribution < 1.29 is 10.2 Å². The molecule has 4 heteroatoms. The molecule has 0 saturated carbocycles. The Labute approximate surface area is 96.6 Å². The molecule has 16 heavy (non-hydrogen) atoms. The smallest absolute Gasteiger partial charge is 0.131 e. The van der Waals surface area contributed by atoms with E-state index in [0.717, 1.165) is 16.9 Å². The fourth-order valence-electron chi connectivity index (χ4n) is 1.46. The highest BCUT2D eigenvalue weighted by Crippen LogP contribution is 2.23. The third-order valence-electron chi connectivity index (χ3n) is 2.90. The van der Waals surface area contributed by atoms with Crippen molar-refractivity contribution in [3.8, 4) is 0 Å². The Morgan fingerprint density at radius 1 is 1.38 bits per heavy atom. The van der Waals surface area contributed by atoms with E-state index in [9.17, 15) is 5.11 Å². The van der Waals surface area contributed by atoms with Crippen molar-refractivity contribution in [2.75, 3.05) is 18.6 Å². The van der Waals surface area contributed by atoms with E-state index in [-0.39, 0.29) is 18.8 Å². The Bertz CT molecular complexity index is 364. The van der Waals surface area contributed by atoms with Gasteiger partial charge in [0.2, 0.25) is 0 Å². The van der Waals surface area contributed by atoms with Gasteiger partial charge >= 0.3 is 0 Å². The van der Waals surface area contributed by atoms with E-state index in [1.807, 2.05) is 38.8 Å². The first kappa shape index (κ1) is 12.9. The van der Waals surface area contributed by atoms with Gasteiger partial charge in [0.05, 0.1) is 18.8 Å². The predicted molar refractivity (Wildman–Crippen MR) is 64.5 cm³/mol. The van der Waals surface area contributed by atoms with E-state index in [1.165, 1.54) is 0 Å². The van der Waals surface area contributed by atoms with Crippen LogP contribution in [0, 0.1) is 6.92 Å². The normalized spacial score (nSPS) is 11.6. The maximum Gasteiger partial charge on any atom is 0.131 e. The molecule has 0 spiro atoms. The van der Waals surface area contributed by atoms with Crippen molar-refractivity contribution in [1.82, 2.24) is 4.98 Å². The van der Waals surface area contributed by atoms with Crippen LogP contribution >= 0.6 is 0 Å². The molecule has 0 fully saturated rings. The van der Waals surface area contributed by atoms with Gasteiger partial charge in [0.1, 0.15) is 5.82 Å². The van der Waals surface area contributed by atoms with Gasteiger partial charge in [-0.25, -0.2) is 4.98 Å². The summed E-state index contributed by atoms with van der Waals surface area (Å²) >= 11 is 0. The highest BCUT2D eigenvalue weighted by atomic mass is 16.3. The standard InChI is InChI=1S/C12H20N2O2/c1-9-5-10(7-15)6-13-11(9)14(4)12(2,3)8-16/h5-6,15-16H,7-8H2,1-4H3. The van der Waals surface area contributed by atoms with Crippen LogP contribution in [0.3, 0.4) is 0 Å². The zero-order valence-electron chi connectivity index (χ0n) is 10.4. The van der Waals surface area contributed by atoms with Crippen molar-refractivity contribution in [3.63, 3.8) is 0 Å². The van der Waals surface area contributed by atoms with Crippen LogP contribution in [0.2, 0.25) is 0 Å². The molecule has 0 aliphatic rings. The van der Waals surface area contributed by atoms with E-state index in [2.05, 4.69) is 4.98 Å². The molecule has 0 radical (unpaired) electrons. The number of hydrogen-bond acceptors (Lipinski definition) is 4. The van der Waals surface area contributed by atoms with Crippen molar-refractivity contribution >= 4 is 5.82 Å². The lowest BCUT2D eigenvalue weighted by Gasteiger charge is -2.35. The van der Waals surface area contributed by atoms with Crippen molar-refractivity contribution in [1.29, 1.82) is 0 Å². The second-order valence-electron chi connectivity index (χ2n) is 4.67. The fraction of sp³-hybridized carbons (Fsp3) is 0.583. The number of rotatable bonds is 4. The van der Waals surface area contributed by atoms with E-state index in [0.29, 0.717) is 0 Å². The SMILES string of the molecule is Cc1cc(CO)cnc1N(C)C(C)(C)CO. The van der Waals surface area contributed by atoms with Gasteiger partial charge in [-0.15, -0.1) is 0 Å². The van der Waals surface area contributed by atoms with Gasteiger partial charge in [-0.2, -0.15) is 0 Å². The van der Waals surface area contributed by atoms with E-state index < -0.39 is 0 Å². The Kier molecular flexibility index (Phi) is 3.88. The van der Waals surface area contributed by atoms with Gasteiger partial charge in [-0.3, -0.25) is 0 Å². The van der Waals surface area contributed by atoms with Crippen LogP contribution in [0.1, 0.15) is 25.0 Å². The Morgan fingerprint density at radius 2 is 2.00 bits per heavy atom. The maximum absolute atomic E-state index is 9.31. The monoisotopic (exact) mass is 224 g/mol. The van der Waals surface area contributed by atoms with Crippen LogP contribution in [0.4, 0.5) is 5.82 Å². The van der Waals surface area contributed by atoms with Gasteiger partial charge in [0.15, 0.2) is 0 Å². The van der Waals surface area contributed by atoms with Gasteiger partial charge in [-0.05, 0) is 38.0 Å². The van der Waals surface area contributed by atoms with Gasteiger partial charge in [0.25, 0.3) is 0 Å². The zero-order valence-corrected chi connectivity index (χ0v) is 10.4. The molecule has 4 nitrogen and oxygen atoms in total. The van der Waals surface area contributed by atoms with Gasteiger partial charge in [0, 0.05) is 13.2 Å². The molecule has 0 unspecified atom stereocenters. The number of aliphatic hydroxyl groups is 2. The second kappa shape index (κ2) is 4.80. The average molecular weight is 224 g/mol. The van der Waals surface area contributed by atoms with Gasteiger partial charge in [-0.1, -0.05) is 0 Å². The van der Waals surface area contributed by atoms with Gasteiger partial charge < -0.3 is 15.1 Å². The summed E-state index contributed by atoms with van der Waals surface area (Å²) in [6.45, 7) is 5.92. The average Bonchev–Trinajstić information content (AvgIpc) is 2.28. The maximum atomic E-state index is 9.31. The summed E-state index contributed by atoms with van der Waals surface area (Å²) in [4.78, 5) is 6.27. The molecule has 0 atom stereocenters. The Balaban J connectivity index is 3.05. The molecular formula is C12H20N2O2. The topological polar surface area (TPSA) is 56.6 Å². The van der Waals surface area contributed by atoms with Crippen LogP contribution in [0.5, 0.6) is 0 Å². The van der Waals surface area contributed by atoms with Crippen LogP contribution in [-0.4, -0.2) is 34.4 Å².